The van der Waals surface area contributed by atoms with E-state index >= 15 is 0 Å². The Kier molecular flexibility index (Phi) is 4.74. The zero-order chi connectivity index (χ0) is 12.9. The summed E-state index contributed by atoms with van der Waals surface area (Å²) in [5, 5.41) is 2.63. The summed E-state index contributed by atoms with van der Waals surface area (Å²) >= 11 is 0. The van der Waals surface area contributed by atoms with Crippen molar-refractivity contribution < 1.29 is 19.1 Å². The van der Waals surface area contributed by atoms with E-state index in [1.54, 1.807) is 0 Å². The van der Waals surface area contributed by atoms with Gasteiger partial charge in [0.05, 0.1) is 14.2 Å². The van der Waals surface area contributed by atoms with Crippen molar-refractivity contribution in [1.82, 2.24) is 5.32 Å². The predicted octanol–water partition coefficient (Wildman–Crippen LogP) is 0.403. The van der Waals surface area contributed by atoms with Crippen LogP contribution in [-0.4, -0.2) is 38.4 Å². The molecule has 0 spiro atoms. The molecule has 17 heavy (non-hydrogen) atoms. The Labute approximate surface area is 101 Å². The van der Waals surface area contributed by atoms with Crippen LogP contribution in [0.2, 0.25) is 0 Å². The minimum Gasteiger partial charge on any atom is -0.468 e. The van der Waals surface area contributed by atoms with E-state index in [0.717, 1.165) is 12.8 Å². The number of ether oxygens (including phenoxy) is 2. The fraction of sp³-hybridized carbons (Fsp3) is 0.818. The number of nitrogens with one attached hydrogen (secondary N) is 1. The van der Waals surface area contributed by atoms with Crippen LogP contribution >= 0.6 is 0 Å². The van der Waals surface area contributed by atoms with Crippen molar-refractivity contribution in [3.05, 3.63) is 0 Å². The van der Waals surface area contributed by atoms with Crippen molar-refractivity contribution in [2.24, 2.45) is 11.7 Å². The fourth-order valence-electron chi connectivity index (χ4n) is 2.29. The smallest absolute Gasteiger partial charge is 0.406 e. The first-order valence-corrected chi connectivity index (χ1v) is 5.71. The molecule has 0 heterocycles. The van der Waals surface area contributed by atoms with Gasteiger partial charge in [-0.2, -0.15) is 0 Å². The van der Waals surface area contributed by atoms with Gasteiger partial charge in [-0.25, -0.2) is 4.79 Å². The second-order valence-corrected chi connectivity index (χ2v) is 4.48. The number of carbonyl (C=O) groups is 2. The number of amides is 1. The molecule has 1 rings (SSSR count). The molecule has 6 nitrogen and oxygen atoms in total. The number of nitrogens with two attached hydrogens (primary N) is 1. The summed E-state index contributed by atoms with van der Waals surface area (Å²) in [7, 11) is 2.66. The molecule has 0 aromatic rings. The van der Waals surface area contributed by atoms with Gasteiger partial charge < -0.3 is 20.5 Å². The van der Waals surface area contributed by atoms with E-state index in [4.69, 9.17) is 10.5 Å². The van der Waals surface area contributed by atoms with Crippen LogP contribution in [-0.2, 0) is 14.3 Å². The molecule has 1 saturated carbocycles. The van der Waals surface area contributed by atoms with Crippen molar-refractivity contribution in [1.29, 1.82) is 0 Å². The zero-order valence-electron chi connectivity index (χ0n) is 10.3. The van der Waals surface area contributed by atoms with Crippen molar-refractivity contribution >= 4 is 12.1 Å². The van der Waals surface area contributed by atoms with Crippen LogP contribution in [0, 0.1) is 5.92 Å². The van der Waals surface area contributed by atoms with Crippen LogP contribution in [0.5, 0.6) is 0 Å². The molecule has 0 aromatic heterocycles. The number of hydrogen-bond acceptors (Lipinski definition) is 5. The minimum absolute atomic E-state index is 0.187. The van der Waals surface area contributed by atoms with E-state index in [1.807, 2.05) is 0 Å². The van der Waals surface area contributed by atoms with Crippen LogP contribution in [0.4, 0.5) is 4.79 Å². The third kappa shape index (κ3) is 3.59. The SMILES string of the molecule is COC(=O)NCC1CCCC(N)(C(=O)OC)C1. The van der Waals surface area contributed by atoms with Gasteiger partial charge in [-0.15, -0.1) is 0 Å². The summed E-state index contributed by atoms with van der Waals surface area (Å²) in [4.78, 5) is 22.5. The summed E-state index contributed by atoms with van der Waals surface area (Å²) in [5.41, 5.74) is 5.12. The highest BCUT2D eigenvalue weighted by Gasteiger charge is 2.40. The molecular weight excluding hydrogens is 224 g/mol. The maximum absolute atomic E-state index is 11.6. The van der Waals surface area contributed by atoms with E-state index < -0.39 is 11.6 Å². The highest BCUT2D eigenvalue weighted by atomic mass is 16.5. The monoisotopic (exact) mass is 244 g/mol. The lowest BCUT2D eigenvalue weighted by molar-refractivity contribution is -0.149. The van der Waals surface area contributed by atoms with Crippen molar-refractivity contribution in [2.75, 3.05) is 20.8 Å². The van der Waals surface area contributed by atoms with Gasteiger partial charge in [0.1, 0.15) is 5.54 Å². The number of methoxy groups -OCH3 is 2. The molecular formula is C11H20N2O4. The van der Waals surface area contributed by atoms with Gasteiger partial charge in [0, 0.05) is 6.54 Å². The molecule has 0 bridgehead atoms. The Bertz CT molecular complexity index is 295. The highest BCUT2D eigenvalue weighted by Crippen LogP contribution is 2.31. The van der Waals surface area contributed by atoms with Gasteiger partial charge in [0.2, 0.25) is 0 Å². The van der Waals surface area contributed by atoms with E-state index in [9.17, 15) is 9.59 Å². The molecule has 1 fully saturated rings. The second kappa shape index (κ2) is 5.86. The Morgan fingerprint density at radius 3 is 2.71 bits per heavy atom. The van der Waals surface area contributed by atoms with Crippen LogP contribution < -0.4 is 11.1 Å². The van der Waals surface area contributed by atoms with E-state index in [-0.39, 0.29) is 11.9 Å². The molecule has 1 aliphatic rings. The molecule has 1 amide bonds. The third-order valence-corrected chi connectivity index (χ3v) is 3.20. The first kappa shape index (κ1) is 13.8. The molecule has 0 aliphatic heterocycles. The molecule has 98 valence electrons. The Morgan fingerprint density at radius 2 is 2.12 bits per heavy atom. The molecule has 0 aromatic carbocycles. The average molecular weight is 244 g/mol. The van der Waals surface area contributed by atoms with Crippen molar-refractivity contribution in [2.45, 2.75) is 31.2 Å². The number of esters is 1. The predicted molar refractivity (Wildman–Crippen MR) is 61.3 cm³/mol. The first-order valence-electron chi connectivity index (χ1n) is 5.71. The summed E-state index contributed by atoms with van der Waals surface area (Å²) in [5.74, 6) is -0.188. The first-order chi connectivity index (χ1) is 8.01. The van der Waals surface area contributed by atoms with Crippen LogP contribution in [0.1, 0.15) is 25.7 Å². The van der Waals surface area contributed by atoms with Crippen LogP contribution in [0.3, 0.4) is 0 Å². The Hall–Kier alpha value is -1.30. The number of hydrogen-bond donors (Lipinski definition) is 2. The van der Waals surface area contributed by atoms with Crippen molar-refractivity contribution in [3.8, 4) is 0 Å². The third-order valence-electron chi connectivity index (χ3n) is 3.20. The average Bonchev–Trinajstić information content (AvgIpc) is 2.35. The summed E-state index contributed by atoms with van der Waals surface area (Å²) in [6.45, 7) is 0.475. The molecule has 0 radical (unpaired) electrons. The molecule has 2 unspecified atom stereocenters. The molecule has 6 heteroatoms. The minimum atomic E-state index is -0.907. The fourth-order valence-corrected chi connectivity index (χ4v) is 2.29. The topological polar surface area (TPSA) is 90.6 Å². The highest BCUT2D eigenvalue weighted by molar-refractivity contribution is 5.80. The van der Waals surface area contributed by atoms with Crippen LogP contribution in [0.15, 0.2) is 0 Å². The van der Waals surface area contributed by atoms with E-state index in [0.29, 0.717) is 19.4 Å². The van der Waals surface area contributed by atoms with Gasteiger partial charge in [-0.1, -0.05) is 6.42 Å². The lowest BCUT2D eigenvalue weighted by Crippen LogP contribution is -2.53. The van der Waals surface area contributed by atoms with Gasteiger partial charge in [-0.3, -0.25) is 4.79 Å². The summed E-state index contributed by atoms with van der Waals surface area (Å²) < 4.78 is 9.20. The maximum Gasteiger partial charge on any atom is 0.406 e. The Balaban J connectivity index is 2.48. The number of rotatable bonds is 3. The van der Waals surface area contributed by atoms with Crippen molar-refractivity contribution in [3.63, 3.8) is 0 Å². The van der Waals surface area contributed by atoms with E-state index in [1.165, 1.54) is 14.2 Å². The Morgan fingerprint density at radius 1 is 1.41 bits per heavy atom. The quantitative estimate of drug-likeness (QED) is 0.701. The summed E-state index contributed by atoms with van der Waals surface area (Å²) in [6, 6.07) is 0. The maximum atomic E-state index is 11.6. The second-order valence-electron chi connectivity index (χ2n) is 4.48. The zero-order valence-corrected chi connectivity index (χ0v) is 10.3. The number of carbonyl (C=O) groups excluding carboxylic acids is 2. The molecule has 3 N–H and O–H groups in total. The van der Waals surface area contributed by atoms with Gasteiger partial charge in [0.25, 0.3) is 0 Å². The van der Waals surface area contributed by atoms with Gasteiger partial charge >= 0.3 is 12.1 Å². The molecule has 0 saturated heterocycles. The number of alkyl carbamates (subject to hydrolysis) is 1. The van der Waals surface area contributed by atoms with Gasteiger partial charge in [0.15, 0.2) is 0 Å². The van der Waals surface area contributed by atoms with E-state index in [2.05, 4.69) is 10.1 Å². The summed E-state index contributed by atoms with van der Waals surface area (Å²) in [6.07, 6.45) is 2.51. The lowest BCUT2D eigenvalue weighted by Gasteiger charge is -2.35. The standard InChI is InChI=1S/C11H20N2O4/c1-16-9(14)11(12)5-3-4-8(6-11)7-13-10(15)17-2/h8H,3-7,12H2,1-2H3,(H,13,15). The normalized spacial score (nSPS) is 28.3. The molecule has 1 aliphatic carbocycles. The van der Waals surface area contributed by atoms with Gasteiger partial charge in [-0.05, 0) is 25.2 Å². The largest absolute Gasteiger partial charge is 0.468 e. The van der Waals surface area contributed by atoms with Crippen LogP contribution in [0.25, 0.3) is 0 Å². The lowest BCUT2D eigenvalue weighted by atomic mass is 9.76. The molecule has 2 atom stereocenters.